The molecule has 0 aromatic heterocycles. The van der Waals surface area contributed by atoms with Crippen LogP contribution in [0.25, 0.3) is 0 Å². The van der Waals surface area contributed by atoms with E-state index in [4.69, 9.17) is 4.74 Å². The average molecular weight is 558 g/mol. The molecule has 212 valence electrons. The maximum absolute atomic E-state index is 14.2. The lowest BCUT2D eigenvalue weighted by atomic mass is 9.89. The number of carbonyl (C=O) groups is 2. The molecule has 3 aliphatic heterocycles. The standard InChI is InChI=1S/C33H33F2N3O3/c1-21-5-12-30(32(39)36-21)38-19-28-27(33(38)40)3-2-4-31(28)41-20-23-8-6-22(7-9-23)18-37-15-13-24(14-16-37)26-11-10-25(34)17-29(26)35/h2-4,6-11,17,24,30H,1,5,12-16,18-20H2,(H,36,39)/t30-/m0/s1. The second-order valence-electron chi connectivity index (χ2n) is 11.2. The molecule has 6 nitrogen and oxygen atoms in total. The van der Waals surface area contributed by atoms with E-state index >= 15 is 0 Å². The van der Waals surface area contributed by atoms with Crippen molar-refractivity contribution in [1.29, 1.82) is 0 Å². The Hall–Kier alpha value is -4.04. The van der Waals surface area contributed by atoms with Gasteiger partial charge in [0, 0.05) is 29.4 Å². The van der Waals surface area contributed by atoms with Gasteiger partial charge in [-0.2, -0.15) is 0 Å². The van der Waals surface area contributed by atoms with Gasteiger partial charge < -0.3 is 15.0 Å². The molecule has 3 aromatic carbocycles. The quantitative estimate of drug-likeness (QED) is 0.407. The molecule has 0 bridgehead atoms. The van der Waals surface area contributed by atoms with E-state index in [0.29, 0.717) is 48.6 Å². The number of ether oxygens (including phenoxy) is 1. The minimum absolute atomic E-state index is 0.119. The highest BCUT2D eigenvalue weighted by Gasteiger charge is 2.39. The lowest BCUT2D eigenvalue weighted by molar-refractivity contribution is -0.126. The molecule has 3 aliphatic rings. The number of carbonyl (C=O) groups excluding carboxylic acids is 2. The summed E-state index contributed by atoms with van der Waals surface area (Å²) in [5.41, 5.74) is 4.91. The Morgan fingerprint density at radius 2 is 1.71 bits per heavy atom. The van der Waals surface area contributed by atoms with Crippen LogP contribution in [-0.2, 0) is 24.5 Å². The Labute approximate surface area is 238 Å². The first-order chi connectivity index (χ1) is 19.9. The Kier molecular flexibility index (Phi) is 7.58. The third kappa shape index (κ3) is 5.75. The summed E-state index contributed by atoms with van der Waals surface area (Å²) < 4.78 is 33.6. The molecular weight excluding hydrogens is 524 g/mol. The molecule has 6 rings (SSSR count). The van der Waals surface area contributed by atoms with E-state index < -0.39 is 17.7 Å². The van der Waals surface area contributed by atoms with Gasteiger partial charge in [0.1, 0.15) is 30.0 Å². The lowest BCUT2D eigenvalue weighted by Crippen LogP contribution is -2.49. The average Bonchev–Trinajstić information content (AvgIpc) is 3.30. The van der Waals surface area contributed by atoms with E-state index in [9.17, 15) is 18.4 Å². The van der Waals surface area contributed by atoms with Gasteiger partial charge in [-0.15, -0.1) is 0 Å². The number of hydrogen-bond acceptors (Lipinski definition) is 4. The van der Waals surface area contributed by atoms with Gasteiger partial charge in [-0.1, -0.05) is 43.0 Å². The summed E-state index contributed by atoms with van der Waals surface area (Å²) in [7, 11) is 0. The summed E-state index contributed by atoms with van der Waals surface area (Å²) in [6, 6.07) is 17.2. The van der Waals surface area contributed by atoms with Gasteiger partial charge in [0.2, 0.25) is 5.91 Å². The van der Waals surface area contributed by atoms with Crippen LogP contribution >= 0.6 is 0 Å². The van der Waals surface area contributed by atoms with Crippen molar-refractivity contribution in [2.75, 3.05) is 13.1 Å². The van der Waals surface area contributed by atoms with Gasteiger partial charge in [0.15, 0.2) is 0 Å². The van der Waals surface area contributed by atoms with E-state index in [2.05, 4.69) is 41.1 Å². The number of amides is 2. The summed E-state index contributed by atoms with van der Waals surface area (Å²) in [4.78, 5) is 29.6. The number of benzene rings is 3. The molecule has 2 fully saturated rings. The molecule has 0 spiro atoms. The number of rotatable bonds is 7. The third-order valence-electron chi connectivity index (χ3n) is 8.46. The lowest BCUT2D eigenvalue weighted by Gasteiger charge is -2.32. The van der Waals surface area contributed by atoms with Crippen molar-refractivity contribution in [3.8, 4) is 5.75 Å². The number of halogens is 2. The summed E-state index contributed by atoms with van der Waals surface area (Å²) in [5, 5.41) is 2.77. The highest BCUT2D eigenvalue weighted by molar-refractivity contribution is 6.02. The Morgan fingerprint density at radius 3 is 2.44 bits per heavy atom. The normalized spacial score (nSPS) is 19.8. The summed E-state index contributed by atoms with van der Waals surface area (Å²) in [6.45, 7) is 7.07. The van der Waals surface area contributed by atoms with Gasteiger partial charge in [0.25, 0.3) is 5.91 Å². The number of nitrogens with zero attached hydrogens (tertiary/aromatic N) is 2. The molecule has 0 unspecified atom stereocenters. The van der Waals surface area contributed by atoms with Crippen molar-refractivity contribution >= 4 is 11.8 Å². The molecule has 3 heterocycles. The minimum atomic E-state index is -0.538. The first-order valence-corrected chi connectivity index (χ1v) is 14.1. The fraction of sp³-hybridized carbons (Fsp3) is 0.333. The van der Waals surface area contributed by atoms with Crippen LogP contribution in [-0.4, -0.2) is 40.7 Å². The summed E-state index contributed by atoms with van der Waals surface area (Å²) in [5.74, 6) is -0.542. The predicted octanol–water partition coefficient (Wildman–Crippen LogP) is 5.67. The molecule has 8 heteroatoms. The molecule has 1 N–H and O–H groups in total. The summed E-state index contributed by atoms with van der Waals surface area (Å²) in [6.07, 6.45) is 2.91. The van der Waals surface area contributed by atoms with Crippen LogP contribution in [0.2, 0.25) is 0 Å². The number of nitrogens with one attached hydrogen (secondary N) is 1. The first-order valence-electron chi connectivity index (χ1n) is 14.1. The number of allylic oxidation sites excluding steroid dienone is 1. The Balaban J connectivity index is 1.03. The fourth-order valence-electron chi connectivity index (χ4n) is 6.17. The van der Waals surface area contributed by atoms with Crippen LogP contribution in [0.3, 0.4) is 0 Å². The second-order valence-corrected chi connectivity index (χ2v) is 11.2. The molecular formula is C33H33F2N3O3. The summed E-state index contributed by atoms with van der Waals surface area (Å²) >= 11 is 0. The van der Waals surface area contributed by atoms with Crippen LogP contribution in [0.4, 0.5) is 8.78 Å². The molecule has 2 amide bonds. The monoisotopic (exact) mass is 557 g/mol. The van der Waals surface area contributed by atoms with Gasteiger partial charge in [-0.05, 0) is 79.6 Å². The smallest absolute Gasteiger partial charge is 0.255 e. The van der Waals surface area contributed by atoms with E-state index in [1.54, 1.807) is 17.0 Å². The zero-order valence-corrected chi connectivity index (χ0v) is 22.9. The van der Waals surface area contributed by atoms with Crippen LogP contribution < -0.4 is 10.1 Å². The molecule has 41 heavy (non-hydrogen) atoms. The molecule has 0 saturated carbocycles. The highest BCUT2D eigenvalue weighted by atomic mass is 19.1. The van der Waals surface area contributed by atoms with Crippen LogP contribution in [0.15, 0.2) is 72.9 Å². The Morgan fingerprint density at radius 1 is 0.951 bits per heavy atom. The maximum atomic E-state index is 14.2. The maximum Gasteiger partial charge on any atom is 0.255 e. The SMILES string of the molecule is C=C1CC[C@H](N2Cc3c(OCc4ccc(CN5CCC(c6ccc(F)cc6F)CC5)cc4)cccc3C2=O)C(=O)N1. The van der Waals surface area contributed by atoms with E-state index in [1.165, 1.54) is 11.6 Å². The number of likely N-dealkylation sites (tertiary alicyclic amines) is 1. The van der Waals surface area contributed by atoms with Gasteiger partial charge >= 0.3 is 0 Å². The predicted molar refractivity (Wildman–Crippen MR) is 151 cm³/mol. The number of piperidine rings is 2. The molecule has 1 atom stereocenters. The van der Waals surface area contributed by atoms with E-state index in [-0.39, 0.29) is 17.7 Å². The van der Waals surface area contributed by atoms with Crippen molar-refractivity contribution in [2.24, 2.45) is 0 Å². The van der Waals surface area contributed by atoms with Crippen molar-refractivity contribution in [3.05, 3.63) is 112 Å². The molecule has 0 radical (unpaired) electrons. The zero-order chi connectivity index (χ0) is 28.5. The van der Waals surface area contributed by atoms with Crippen LogP contribution in [0.5, 0.6) is 5.75 Å². The highest BCUT2D eigenvalue weighted by Crippen LogP contribution is 2.35. The fourth-order valence-corrected chi connectivity index (χ4v) is 6.17. The molecule has 3 aromatic rings. The van der Waals surface area contributed by atoms with Crippen molar-refractivity contribution < 1.29 is 23.1 Å². The van der Waals surface area contributed by atoms with Crippen LogP contribution in [0.1, 0.15) is 64.2 Å². The Bertz CT molecular complexity index is 1480. The minimum Gasteiger partial charge on any atom is -0.489 e. The number of fused-ring (bicyclic) bond motifs is 1. The largest absolute Gasteiger partial charge is 0.489 e. The molecule has 0 aliphatic carbocycles. The topological polar surface area (TPSA) is 61.9 Å². The van der Waals surface area contributed by atoms with E-state index in [1.807, 2.05) is 12.1 Å². The second kappa shape index (κ2) is 11.4. The van der Waals surface area contributed by atoms with Crippen molar-refractivity contribution in [2.45, 2.75) is 57.3 Å². The number of hydrogen-bond donors (Lipinski definition) is 1. The van der Waals surface area contributed by atoms with Gasteiger partial charge in [-0.3, -0.25) is 14.5 Å². The van der Waals surface area contributed by atoms with Crippen LogP contribution in [0, 0.1) is 11.6 Å². The van der Waals surface area contributed by atoms with Gasteiger partial charge in [0.05, 0.1) is 6.54 Å². The third-order valence-corrected chi connectivity index (χ3v) is 8.46. The van der Waals surface area contributed by atoms with Crippen molar-refractivity contribution in [1.82, 2.24) is 15.1 Å². The van der Waals surface area contributed by atoms with Gasteiger partial charge in [-0.25, -0.2) is 8.78 Å². The molecule has 2 saturated heterocycles. The van der Waals surface area contributed by atoms with E-state index in [0.717, 1.165) is 49.7 Å². The van der Waals surface area contributed by atoms with Crippen molar-refractivity contribution in [3.63, 3.8) is 0 Å². The first kappa shape index (κ1) is 27.1. The zero-order valence-electron chi connectivity index (χ0n) is 22.9.